The van der Waals surface area contributed by atoms with E-state index in [0.717, 1.165) is 61.2 Å². The molecule has 1 N–H and O–H groups in total. The molecule has 296 valence electrons. The molecule has 0 bridgehead atoms. The lowest BCUT2D eigenvalue weighted by Gasteiger charge is -2.16. The predicted octanol–water partition coefficient (Wildman–Crippen LogP) is 11.5. The van der Waals surface area contributed by atoms with Crippen molar-refractivity contribution in [2.45, 2.75) is 25.7 Å². The first kappa shape index (κ1) is 39.2. The summed E-state index contributed by atoms with van der Waals surface area (Å²) in [7, 11) is -4.48. The van der Waals surface area contributed by atoms with Gasteiger partial charge in [-0.3, -0.25) is 19.1 Å². The van der Waals surface area contributed by atoms with Crippen molar-refractivity contribution in [3.8, 4) is 0 Å². The Morgan fingerprint density at radius 2 is 0.672 bits per heavy atom. The number of rotatable bonds is 9. The Morgan fingerprint density at radius 3 is 1.03 bits per heavy atom. The largest absolute Gasteiger partial charge is 0.294 e. The summed E-state index contributed by atoms with van der Waals surface area (Å²) in [5.41, 5.74) is 13.8. The lowest BCUT2D eigenvalue weighted by Crippen LogP contribution is -2.03. The number of carbonyl (C=O) groups excluding carboxylic acids is 2. The molecule has 0 saturated carbocycles. The highest BCUT2D eigenvalue weighted by Gasteiger charge is 2.38. The van der Waals surface area contributed by atoms with E-state index in [2.05, 4.69) is 0 Å². The summed E-state index contributed by atoms with van der Waals surface area (Å²) >= 11 is 0. The van der Waals surface area contributed by atoms with Gasteiger partial charge in [0.1, 0.15) is 0 Å². The molecule has 0 aliphatic heterocycles. The van der Waals surface area contributed by atoms with Crippen LogP contribution in [0.3, 0.4) is 0 Å². The molecular weight excluding hydrogens is 775 g/mol. The van der Waals surface area contributed by atoms with Gasteiger partial charge in [-0.2, -0.15) is 8.42 Å². The van der Waals surface area contributed by atoms with Crippen molar-refractivity contribution < 1.29 is 22.6 Å². The molecule has 6 aromatic carbocycles. The van der Waals surface area contributed by atoms with Crippen LogP contribution < -0.4 is 0 Å². The van der Waals surface area contributed by atoms with E-state index in [-0.39, 0.29) is 16.5 Å². The zero-order valence-corrected chi connectivity index (χ0v) is 34.5. The number of aryl methyl sites for hydroxylation is 3. The highest BCUT2D eigenvalue weighted by Crippen LogP contribution is 2.52. The molecule has 7 aromatic rings. The molecular formula is C54H39NO5S. The molecule has 1 heterocycles. The van der Waals surface area contributed by atoms with Gasteiger partial charge in [-0.15, -0.1) is 0 Å². The second-order valence-electron chi connectivity index (χ2n) is 15.4. The van der Waals surface area contributed by atoms with Crippen molar-refractivity contribution in [3.05, 3.63) is 237 Å². The lowest BCUT2D eigenvalue weighted by atomic mass is 9.88. The van der Waals surface area contributed by atoms with Crippen LogP contribution in [0.2, 0.25) is 0 Å². The fourth-order valence-electron chi connectivity index (χ4n) is 8.28. The third-order valence-electron chi connectivity index (χ3n) is 11.3. The van der Waals surface area contributed by atoms with Crippen LogP contribution in [0, 0.1) is 20.8 Å². The van der Waals surface area contributed by atoms with Crippen LogP contribution in [0.15, 0.2) is 181 Å². The van der Waals surface area contributed by atoms with Gasteiger partial charge < -0.3 is 0 Å². The SMILES string of the molecule is Cc1ccc(C2=C(c3ccccc3)C(c3ccc(C4=C(c5ccc(S(=O)(=O)O)cc5)C(=O)C(c5ccc(C)cc5)=C4c4ccccc4)nc3)=C(c3ccc(C)cc3)C2=O)cc1. The third-order valence-corrected chi connectivity index (χ3v) is 12.2. The Labute approximate surface area is 355 Å². The molecule has 0 amide bonds. The van der Waals surface area contributed by atoms with E-state index in [1.807, 2.05) is 166 Å². The van der Waals surface area contributed by atoms with Gasteiger partial charge >= 0.3 is 0 Å². The Hall–Kier alpha value is -7.32. The van der Waals surface area contributed by atoms with Gasteiger partial charge in [0.2, 0.25) is 0 Å². The number of hydrogen-bond donors (Lipinski definition) is 1. The molecule has 2 aliphatic rings. The predicted molar refractivity (Wildman–Crippen MR) is 244 cm³/mol. The van der Waals surface area contributed by atoms with E-state index in [0.29, 0.717) is 44.7 Å². The molecule has 0 radical (unpaired) electrons. The molecule has 6 nitrogen and oxygen atoms in total. The lowest BCUT2D eigenvalue weighted by molar-refractivity contribution is -0.109. The molecule has 7 heteroatoms. The average molecular weight is 814 g/mol. The first-order valence-corrected chi connectivity index (χ1v) is 21.4. The van der Waals surface area contributed by atoms with Gasteiger partial charge in [0.25, 0.3) is 10.1 Å². The van der Waals surface area contributed by atoms with Crippen LogP contribution in [0.4, 0.5) is 0 Å². The highest BCUT2D eigenvalue weighted by atomic mass is 32.2. The minimum atomic E-state index is -4.48. The van der Waals surface area contributed by atoms with Gasteiger partial charge in [0, 0.05) is 56.3 Å². The molecule has 0 atom stereocenters. The maximum atomic E-state index is 15.0. The van der Waals surface area contributed by atoms with Crippen molar-refractivity contribution in [1.82, 2.24) is 4.98 Å². The van der Waals surface area contributed by atoms with Crippen molar-refractivity contribution in [2.75, 3.05) is 0 Å². The standard InChI is InChI=1S/C54H39NO5S/c1-33-14-20-38(21-15-33)48-45(36-10-6-4-7-11-36)47(50(53(48)56)40-24-18-35(3)19-25-40)42-28-31-44(55-32-42)52-46(37-12-8-5-9-13-37)49(39-22-16-34(2)17-23-39)54(57)51(52)41-26-29-43(30-27-41)61(58,59)60/h4-32H,1-3H3,(H,58,59,60). The number of pyridine rings is 1. The Balaban J connectivity index is 1.30. The molecule has 0 spiro atoms. The quantitative estimate of drug-likeness (QED) is 0.146. The second-order valence-corrected chi connectivity index (χ2v) is 16.8. The molecule has 0 saturated heterocycles. The minimum Gasteiger partial charge on any atom is -0.289 e. The molecule has 9 rings (SSSR count). The molecule has 61 heavy (non-hydrogen) atoms. The maximum Gasteiger partial charge on any atom is 0.294 e. The molecule has 0 unspecified atom stereocenters. The number of aromatic nitrogens is 1. The fraction of sp³-hybridized carbons (Fsp3) is 0.0556. The summed E-state index contributed by atoms with van der Waals surface area (Å²) in [6.45, 7) is 6.03. The summed E-state index contributed by atoms with van der Waals surface area (Å²) in [5.74, 6) is -0.326. The Morgan fingerprint density at radius 1 is 0.361 bits per heavy atom. The van der Waals surface area contributed by atoms with Crippen LogP contribution >= 0.6 is 0 Å². The van der Waals surface area contributed by atoms with Gasteiger partial charge in [-0.25, -0.2) is 0 Å². The Kier molecular flexibility index (Phi) is 10.1. The second kappa shape index (κ2) is 15.7. The number of allylic oxidation sites excluding steroid dienone is 8. The topological polar surface area (TPSA) is 101 Å². The minimum absolute atomic E-state index is 0.0811. The number of nitrogens with zero attached hydrogens (tertiary/aromatic N) is 1. The van der Waals surface area contributed by atoms with Gasteiger partial charge in [-0.1, -0.05) is 168 Å². The van der Waals surface area contributed by atoms with E-state index in [4.69, 9.17) is 4.98 Å². The number of Topliss-reactive ketones (excluding diaryl/α,β-unsaturated/α-hetero) is 2. The number of ketones is 2. The maximum absolute atomic E-state index is 15.0. The van der Waals surface area contributed by atoms with Crippen LogP contribution in [0.5, 0.6) is 0 Å². The molecule has 2 aliphatic carbocycles. The van der Waals surface area contributed by atoms with Crippen LogP contribution in [-0.2, 0) is 19.7 Å². The summed E-state index contributed by atoms with van der Waals surface area (Å²) < 4.78 is 33.9. The van der Waals surface area contributed by atoms with Gasteiger partial charge in [0.05, 0.1) is 10.6 Å². The normalized spacial score (nSPS) is 14.5. The highest BCUT2D eigenvalue weighted by molar-refractivity contribution is 7.85. The average Bonchev–Trinajstić information content (AvgIpc) is 3.75. The summed E-state index contributed by atoms with van der Waals surface area (Å²) in [5, 5.41) is 0. The van der Waals surface area contributed by atoms with Crippen LogP contribution in [0.25, 0.3) is 44.6 Å². The van der Waals surface area contributed by atoms with E-state index in [1.165, 1.54) is 24.3 Å². The van der Waals surface area contributed by atoms with Crippen molar-refractivity contribution in [2.24, 2.45) is 0 Å². The van der Waals surface area contributed by atoms with Crippen LogP contribution in [0.1, 0.15) is 61.3 Å². The monoisotopic (exact) mass is 813 g/mol. The zero-order valence-electron chi connectivity index (χ0n) is 33.7. The van der Waals surface area contributed by atoms with Gasteiger partial charge in [-0.05, 0) is 72.4 Å². The molecule has 1 aromatic heterocycles. The summed E-state index contributed by atoms with van der Waals surface area (Å²) in [6, 6.07) is 53.0. The number of carbonyl (C=O) groups is 2. The molecule has 0 fully saturated rings. The number of hydrogen-bond acceptors (Lipinski definition) is 5. The fourth-order valence-corrected chi connectivity index (χ4v) is 8.76. The zero-order chi connectivity index (χ0) is 42.4. The van der Waals surface area contributed by atoms with Crippen molar-refractivity contribution >= 4 is 66.3 Å². The smallest absolute Gasteiger partial charge is 0.289 e. The first-order valence-electron chi connectivity index (χ1n) is 19.9. The van der Waals surface area contributed by atoms with Gasteiger partial charge in [0.15, 0.2) is 11.6 Å². The van der Waals surface area contributed by atoms with E-state index < -0.39 is 10.1 Å². The summed E-state index contributed by atoms with van der Waals surface area (Å²) in [6.07, 6.45) is 1.77. The van der Waals surface area contributed by atoms with E-state index in [9.17, 15) is 17.8 Å². The third kappa shape index (κ3) is 7.24. The van der Waals surface area contributed by atoms with E-state index >= 15 is 4.79 Å². The number of benzene rings is 6. The Bertz CT molecular complexity index is 3120. The van der Waals surface area contributed by atoms with Crippen LogP contribution in [-0.4, -0.2) is 29.5 Å². The first-order chi connectivity index (χ1) is 29.5. The van der Waals surface area contributed by atoms with E-state index in [1.54, 1.807) is 6.20 Å². The van der Waals surface area contributed by atoms with Crippen molar-refractivity contribution in [3.63, 3.8) is 0 Å². The van der Waals surface area contributed by atoms with Crippen molar-refractivity contribution in [1.29, 1.82) is 0 Å². The summed E-state index contributed by atoms with van der Waals surface area (Å²) in [4.78, 5) is 34.9.